The largest absolute Gasteiger partial charge is 0.482 e. The highest BCUT2D eigenvalue weighted by Crippen LogP contribution is 2.23. The number of benzene rings is 1. The lowest BCUT2D eigenvalue weighted by Gasteiger charge is -2.20. The van der Waals surface area contributed by atoms with Gasteiger partial charge in [-0.25, -0.2) is 0 Å². The Morgan fingerprint density at radius 1 is 1.27 bits per heavy atom. The summed E-state index contributed by atoms with van der Waals surface area (Å²) in [4.78, 5) is 14.1. The third kappa shape index (κ3) is 3.06. The molecule has 0 spiro atoms. The molecule has 0 aliphatic carbocycles. The van der Waals surface area contributed by atoms with Crippen LogP contribution in [0.15, 0.2) is 24.3 Å². The molecule has 0 fully saturated rings. The Bertz CT molecular complexity index is 686. The van der Waals surface area contributed by atoms with Crippen LogP contribution < -0.4 is 4.74 Å². The van der Waals surface area contributed by atoms with E-state index in [0.29, 0.717) is 36.8 Å². The molecule has 2 aromatic rings. The minimum absolute atomic E-state index is 0.0106. The van der Waals surface area contributed by atoms with E-state index >= 15 is 0 Å². The number of fused-ring (bicyclic) bond motifs is 1. The van der Waals surface area contributed by atoms with Gasteiger partial charge in [0.1, 0.15) is 17.4 Å². The van der Waals surface area contributed by atoms with Crippen LogP contribution in [0.25, 0.3) is 0 Å². The molecule has 0 atom stereocenters. The fourth-order valence-corrected chi connectivity index (χ4v) is 2.70. The van der Waals surface area contributed by atoms with Gasteiger partial charge in [-0.2, -0.15) is 0 Å². The Morgan fingerprint density at radius 2 is 2.09 bits per heavy atom. The number of hydrogen-bond acceptors (Lipinski definition) is 4. The predicted octanol–water partition coefficient (Wildman–Crippen LogP) is 1.70. The Balaban J connectivity index is 1.59. The molecule has 0 N–H and O–H groups in total. The van der Waals surface area contributed by atoms with Gasteiger partial charge >= 0.3 is 0 Å². The zero-order valence-electron chi connectivity index (χ0n) is 12.3. The van der Waals surface area contributed by atoms with Crippen molar-refractivity contribution in [1.29, 1.82) is 0 Å². The molecule has 0 radical (unpaired) electrons. The Morgan fingerprint density at radius 3 is 2.91 bits per heavy atom. The SMILES string of the molecule is Cc1nnc2n1CCN(C(=O)COc1ccccc1Cl)CC2. The molecule has 116 valence electrons. The quantitative estimate of drug-likeness (QED) is 0.863. The number of halogens is 1. The van der Waals surface area contributed by atoms with E-state index in [4.69, 9.17) is 16.3 Å². The van der Waals surface area contributed by atoms with Crippen molar-refractivity contribution >= 4 is 17.5 Å². The van der Waals surface area contributed by atoms with Crippen molar-refractivity contribution in [3.63, 3.8) is 0 Å². The second kappa shape index (κ2) is 6.36. The maximum Gasteiger partial charge on any atom is 0.260 e. The molecule has 22 heavy (non-hydrogen) atoms. The number of rotatable bonds is 3. The number of aryl methyl sites for hydroxylation is 1. The second-order valence-electron chi connectivity index (χ2n) is 5.16. The molecule has 2 heterocycles. The summed E-state index contributed by atoms with van der Waals surface area (Å²) in [7, 11) is 0. The van der Waals surface area contributed by atoms with Crippen LogP contribution in [0.3, 0.4) is 0 Å². The van der Waals surface area contributed by atoms with Gasteiger partial charge in [0.2, 0.25) is 0 Å². The molecular weight excluding hydrogens is 304 g/mol. The Labute approximate surface area is 133 Å². The molecule has 0 saturated heterocycles. The van der Waals surface area contributed by atoms with E-state index in [2.05, 4.69) is 14.8 Å². The smallest absolute Gasteiger partial charge is 0.260 e. The zero-order chi connectivity index (χ0) is 15.5. The number of carbonyl (C=O) groups is 1. The first kappa shape index (κ1) is 14.8. The van der Waals surface area contributed by atoms with Crippen molar-refractivity contribution < 1.29 is 9.53 Å². The van der Waals surface area contributed by atoms with Crippen molar-refractivity contribution in [3.05, 3.63) is 40.9 Å². The van der Waals surface area contributed by atoms with E-state index in [1.54, 1.807) is 17.0 Å². The molecule has 0 unspecified atom stereocenters. The Hall–Kier alpha value is -2.08. The van der Waals surface area contributed by atoms with E-state index < -0.39 is 0 Å². The van der Waals surface area contributed by atoms with Gasteiger partial charge < -0.3 is 14.2 Å². The molecule has 0 bridgehead atoms. The van der Waals surface area contributed by atoms with E-state index in [1.165, 1.54) is 0 Å². The molecule has 1 aliphatic heterocycles. The first-order chi connectivity index (χ1) is 10.6. The molecule has 6 nitrogen and oxygen atoms in total. The highest BCUT2D eigenvalue weighted by atomic mass is 35.5. The van der Waals surface area contributed by atoms with Crippen LogP contribution in [-0.2, 0) is 17.8 Å². The summed E-state index contributed by atoms with van der Waals surface area (Å²) < 4.78 is 7.57. The van der Waals surface area contributed by atoms with Crippen LogP contribution in [0.2, 0.25) is 5.02 Å². The van der Waals surface area contributed by atoms with E-state index in [0.717, 1.165) is 11.6 Å². The monoisotopic (exact) mass is 320 g/mol. The molecular formula is C15H17ClN4O2. The highest BCUT2D eigenvalue weighted by Gasteiger charge is 2.21. The third-order valence-corrected chi connectivity index (χ3v) is 4.06. The standard InChI is InChI=1S/C15H17ClN4O2/c1-11-17-18-14-6-7-19(8-9-20(11)14)15(21)10-22-13-5-3-2-4-12(13)16/h2-5H,6-10H2,1H3. The summed E-state index contributed by atoms with van der Waals surface area (Å²) in [5, 5.41) is 8.71. The van der Waals surface area contributed by atoms with Gasteiger partial charge in [-0.05, 0) is 19.1 Å². The van der Waals surface area contributed by atoms with Gasteiger partial charge in [0, 0.05) is 26.1 Å². The van der Waals surface area contributed by atoms with Gasteiger partial charge in [-0.1, -0.05) is 23.7 Å². The number of carbonyl (C=O) groups excluding carboxylic acids is 1. The van der Waals surface area contributed by atoms with Crippen LogP contribution in [0.4, 0.5) is 0 Å². The highest BCUT2D eigenvalue weighted by molar-refractivity contribution is 6.32. The predicted molar refractivity (Wildman–Crippen MR) is 82.0 cm³/mol. The van der Waals surface area contributed by atoms with Gasteiger partial charge in [0.15, 0.2) is 6.61 Å². The van der Waals surface area contributed by atoms with Gasteiger partial charge in [0.25, 0.3) is 5.91 Å². The summed E-state index contributed by atoms with van der Waals surface area (Å²) >= 11 is 6.01. The maximum absolute atomic E-state index is 12.3. The number of para-hydroxylation sites is 1. The summed E-state index contributed by atoms with van der Waals surface area (Å²) in [6.45, 7) is 3.89. The van der Waals surface area contributed by atoms with Crippen LogP contribution >= 0.6 is 11.6 Å². The second-order valence-corrected chi connectivity index (χ2v) is 5.57. The van der Waals surface area contributed by atoms with Gasteiger partial charge in [-0.3, -0.25) is 4.79 Å². The summed E-state index contributed by atoms with van der Waals surface area (Å²) in [6.07, 6.45) is 0.707. The molecule has 1 aromatic heterocycles. The summed E-state index contributed by atoms with van der Waals surface area (Å²) in [6, 6.07) is 7.14. The van der Waals surface area contributed by atoms with Crippen LogP contribution in [-0.4, -0.2) is 45.3 Å². The fourth-order valence-electron chi connectivity index (χ4n) is 2.51. The Kier molecular flexibility index (Phi) is 4.29. The first-order valence-corrected chi connectivity index (χ1v) is 7.57. The molecule has 0 saturated carbocycles. The number of hydrogen-bond donors (Lipinski definition) is 0. The van der Waals surface area contributed by atoms with E-state index in [9.17, 15) is 4.79 Å². The average Bonchev–Trinajstić information content (AvgIpc) is 2.74. The number of aromatic nitrogens is 3. The van der Waals surface area contributed by atoms with Crippen molar-refractivity contribution in [3.8, 4) is 5.75 Å². The van der Waals surface area contributed by atoms with E-state index in [1.807, 2.05) is 19.1 Å². The molecule has 1 aliphatic rings. The molecule has 1 amide bonds. The lowest BCUT2D eigenvalue weighted by atomic mass is 10.3. The number of ether oxygens (including phenoxy) is 1. The lowest BCUT2D eigenvalue weighted by Crippen LogP contribution is -2.37. The minimum atomic E-state index is -0.0451. The van der Waals surface area contributed by atoms with E-state index in [-0.39, 0.29) is 12.5 Å². The summed E-state index contributed by atoms with van der Waals surface area (Å²) in [5.74, 6) is 2.30. The van der Waals surface area contributed by atoms with Crippen molar-refractivity contribution in [1.82, 2.24) is 19.7 Å². The lowest BCUT2D eigenvalue weighted by molar-refractivity contribution is -0.133. The normalized spacial score (nSPS) is 14.4. The van der Waals surface area contributed by atoms with Crippen molar-refractivity contribution in [2.45, 2.75) is 19.9 Å². The fraction of sp³-hybridized carbons (Fsp3) is 0.400. The first-order valence-electron chi connectivity index (χ1n) is 7.19. The van der Waals surface area contributed by atoms with Crippen molar-refractivity contribution in [2.75, 3.05) is 19.7 Å². The third-order valence-electron chi connectivity index (χ3n) is 3.75. The maximum atomic E-state index is 12.3. The molecule has 7 heteroatoms. The number of amides is 1. The molecule has 1 aromatic carbocycles. The average molecular weight is 321 g/mol. The van der Waals surface area contributed by atoms with Crippen LogP contribution in [0, 0.1) is 6.92 Å². The molecule has 3 rings (SSSR count). The summed E-state index contributed by atoms with van der Waals surface area (Å²) in [5.41, 5.74) is 0. The number of nitrogens with zero attached hydrogens (tertiary/aromatic N) is 4. The topological polar surface area (TPSA) is 60.2 Å². The minimum Gasteiger partial charge on any atom is -0.482 e. The zero-order valence-corrected chi connectivity index (χ0v) is 13.1. The van der Waals surface area contributed by atoms with Crippen molar-refractivity contribution in [2.24, 2.45) is 0 Å². The van der Waals surface area contributed by atoms with Gasteiger partial charge in [0.05, 0.1) is 5.02 Å². The van der Waals surface area contributed by atoms with Crippen LogP contribution in [0.5, 0.6) is 5.75 Å². The van der Waals surface area contributed by atoms with Crippen LogP contribution in [0.1, 0.15) is 11.6 Å². The van der Waals surface area contributed by atoms with Gasteiger partial charge in [-0.15, -0.1) is 10.2 Å².